The summed E-state index contributed by atoms with van der Waals surface area (Å²) in [6.45, 7) is 2.11. The Labute approximate surface area is 143 Å². The molecule has 3 aromatic carbocycles. The Balaban J connectivity index is 2.10. The van der Waals surface area contributed by atoms with Gasteiger partial charge in [-0.3, -0.25) is 0 Å². The van der Waals surface area contributed by atoms with Crippen LogP contribution in [0.25, 0.3) is 10.8 Å². The van der Waals surface area contributed by atoms with Gasteiger partial charge in [0.05, 0.1) is 5.02 Å². The zero-order valence-corrected chi connectivity index (χ0v) is 14.5. The van der Waals surface area contributed by atoms with Crippen molar-refractivity contribution in [1.82, 2.24) is 0 Å². The van der Waals surface area contributed by atoms with Crippen molar-refractivity contribution in [1.29, 1.82) is 0 Å². The van der Waals surface area contributed by atoms with Crippen molar-refractivity contribution in [3.8, 4) is 0 Å². The molecular formula is C19H16BrClO. The van der Waals surface area contributed by atoms with Crippen LogP contribution in [0.1, 0.15) is 29.7 Å². The van der Waals surface area contributed by atoms with E-state index in [4.69, 9.17) is 11.6 Å². The van der Waals surface area contributed by atoms with Gasteiger partial charge >= 0.3 is 0 Å². The Morgan fingerprint density at radius 2 is 1.68 bits per heavy atom. The maximum atomic E-state index is 10.7. The smallest absolute Gasteiger partial charge is 0.106 e. The van der Waals surface area contributed by atoms with E-state index >= 15 is 0 Å². The summed E-state index contributed by atoms with van der Waals surface area (Å²) in [5.41, 5.74) is 2.82. The van der Waals surface area contributed by atoms with Crippen molar-refractivity contribution in [2.75, 3.05) is 0 Å². The summed E-state index contributed by atoms with van der Waals surface area (Å²) in [7, 11) is 0. The molecule has 0 amide bonds. The predicted molar refractivity (Wildman–Crippen MR) is 96.5 cm³/mol. The fourth-order valence-corrected chi connectivity index (χ4v) is 3.55. The maximum Gasteiger partial charge on any atom is 0.106 e. The van der Waals surface area contributed by atoms with Gasteiger partial charge in [0.25, 0.3) is 0 Å². The minimum Gasteiger partial charge on any atom is -0.384 e. The molecule has 3 rings (SSSR count). The molecule has 0 bridgehead atoms. The summed E-state index contributed by atoms with van der Waals surface area (Å²) in [6, 6.07) is 17.8. The first-order valence-corrected chi connectivity index (χ1v) is 8.42. The van der Waals surface area contributed by atoms with Crippen molar-refractivity contribution in [3.63, 3.8) is 0 Å². The molecule has 0 fully saturated rings. The highest BCUT2D eigenvalue weighted by Gasteiger charge is 2.17. The number of aliphatic hydroxyl groups is 1. The van der Waals surface area contributed by atoms with Crippen LogP contribution in [0, 0.1) is 0 Å². The average Bonchev–Trinajstić information content (AvgIpc) is 2.57. The molecular weight excluding hydrogens is 360 g/mol. The van der Waals surface area contributed by atoms with Gasteiger partial charge in [-0.05, 0) is 29.0 Å². The first-order valence-electron chi connectivity index (χ1n) is 7.25. The van der Waals surface area contributed by atoms with E-state index in [1.807, 2.05) is 54.6 Å². The molecule has 0 spiro atoms. The van der Waals surface area contributed by atoms with Crippen molar-refractivity contribution in [2.45, 2.75) is 19.4 Å². The van der Waals surface area contributed by atoms with Crippen molar-refractivity contribution in [3.05, 3.63) is 80.8 Å². The zero-order chi connectivity index (χ0) is 15.7. The second-order valence-corrected chi connectivity index (χ2v) is 6.54. The molecule has 3 heteroatoms. The Kier molecular flexibility index (Phi) is 4.53. The molecule has 22 heavy (non-hydrogen) atoms. The number of aliphatic hydroxyl groups excluding tert-OH is 1. The molecule has 0 aliphatic heterocycles. The van der Waals surface area contributed by atoms with Crippen LogP contribution in [-0.4, -0.2) is 5.11 Å². The Morgan fingerprint density at radius 1 is 1.05 bits per heavy atom. The van der Waals surface area contributed by atoms with E-state index in [0.717, 1.165) is 32.8 Å². The molecule has 0 aliphatic carbocycles. The molecule has 1 N–H and O–H groups in total. The largest absolute Gasteiger partial charge is 0.384 e. The lowest BCUT2D eigenvalue weighted by Crippen LogP contribution is -2.01. The standard InChI is InChI=1S/C19H16BrClO/c1-2-12-7-9-13(10-8-12)19(22)16-11-17(20)14-5-3-4-6-15(14)18(16)21/h3-11,19,22H,2H2,1H3. The van der Waals surface area contributed by atoms with Crippen LogP contribution in [0.3, 0.4) is 0 Å². The number of hydrogen-bond acceptors (Lipinski definition) is 1. The predicted octanol–water partition coefficient (Wildman–Crippen LogP) is 5.90. The molecule has 1 nitrogen and oxygen atoms in total. The van der Waals surface area contributed by atoms with E-state index in [0.29, 0.717) is 5.02 Å². The quantitative estimate of drug-likeness (QED) is 0.604. The summed E-state index contributed by atoms with van der Waals surface area (Å²) in [4.78, 5) is 0. The fourth-order valence-electron chi connectivity index (χ4n) is 2.63. The van der Waals surface area contributed by atoms with Gasteiger partial charge in [0.1, 0.15) is 6.10 Å². The van der Waals surface area contributed by atoms with Crippen LogP contribution < -0.4 is 0 Å². The van der Waals surface area contributed by atoms with Gasteiger partial charge in [-0.1, -0.05) is 83.0 Å². The lowest BCUT2D eigenvalue weighted by Gasteiger charge is -2.16. The van der Waals surface area contributed by atoms with E-state index < -0.39 is 6.10 Å². The SMILES string of the molecule is CCc1ccc(C(O)c2cc(Br)c3ccccc3c2Cl)cc1. The monoisotopic (exact) mass is 374 g/mol. The van der Waals surface area contributed by atoms with Crippen LogP contribution in [-0.2, 0) is 6.42 Å². The lowest BCUT2D eigenvalue weighted by atomic mass is 9.97. The van der Waals surface area contributed by atoms with E-state index in [-0.39, 0.29) is 0 Å². The highest BCUT2D eigenvalue weighted by atomic mass is 79.9. The van der Waals surface area contributed by atoms with Crippen LogP contribution in [0.5, 0.6) is 0 Å². The fraction of sp³-hybridized carbons (Fsp3) is 0.158. The average molecular weight is 376 g/mol. The molecule has 1 unspecified atom stereocenters. The summed E-state index contributed by atoms with van der Waals surface area (Å²) < 4.78 is 0.937. The van der Waals surface area contributed by atoms with Gasteiger partial charge in [0.15, 0.2) is 0 Å². The van der Waals surface area contributed by atoms with Gasteiger partial charge in [-0.15, -0.1) is 0 Å². The zero-order valence-electron chi connectivity index (χ0n) is 12.2. The third-order valence-corrected chi connectivity index (χ3v) is 5.03. The van der Waals surface area contributed by atoms with Crippen LogP contribution in [0.2, 0.25) is 5.02 Å². The Bertz CT molecular complexity index is 812. The number of benzene rings is 3. The topological polar surface area (TPSA) is 20.2 Å². The number of rotatable bonds is 3. The minimum absolute atomic E-state index is 0.603. The molecule has 0 aromatic heterocycles. The molecule has 0 saturated heterocycles. The van der Waals surface area contributed by atoms with Crippen molar-refractivity contribution >= 4 is 38.3 Å². The van der Waals surface area contributed by atoms with Crippen LogP contribution >= 0.6 is 27.5 Å². The van der Waals surface area contributed by atoms with E-state index in [1.54, 1.807) is 0 Å². The highest BCUT2D eigenvalue weighted by Crippen LogP contribution is 2.38. The van der Waals surface area contributed by atoms with Gasteiger partial charge < -0.3 is 5.11 Å². The molecule has 0 aliphatic rings. The molecule has 0 radical (unpaired) electrons. The molecule has 0 heterocycles. The normalized spacial score (nSPS) is 12.5. The third kappa shape index (κ3) is 2.79. The van der Waals surface area contributed by atoms with Crippen LogP contribution in [0.15, 0.2) is 59.1 Å². The van der Waals surface area contributed by atoms with E-state index in [1.165, 1.54) is 5.56 Å². The van der Waals surface area contributed by atoms with Crippen LogP contribution in [0.4, 0.5) is 0 Å². The lowest BCUT2D eigenvalue weighted by molar-refractivity contribution is 0.220. The highest BCUT2D eigenvalue weighted by molar-refractivity contribution is 9.10. The Morgan fingerprint density at radius 3 is 2.32 bits per heavy atom. The Hall–Kier alpha value is -1.35. The van der Waals surface area contributed by atoms with Gasteiger partial charge in [-0.25, -0.2) is 0 Å². The third-order valence-electron chi connectivity index (χ3n) is 3.95. The number of halogens is 2. The van der Waals surface area contributed by atoms with Crippen molar-refractivity contribution in [2.24, 2.45) is 0 Å². The summed E-state index contributed by atoms with van der Waals surface area (Å²) in [5.74, 6) is 0. The number of hydrogen-bond donors (Lipinski definition) is 1. The maximum absolute atomic E-state index is 10.7. The molecule has 0 saturated carbocycles. The molecule has 1 atom stereocenters. The van der Waals surface area contributed by atoms with Gasteiger partial charge in [0.2, 0.25) is 0 Å². The molecule has 3 aromatic rings. The summed E-state index contributed by atoms with van der Waals surface area (Å²) in [5, 5.41) is 13.3. The molecule has 112 valence electrons. The van der Waals surface area contributed by atoms with E-state index in [9.17, 15) is 5.11 Å². The second-order valence-electron chi connectivity index (χ2n) is 5.30. The van der Waals surface area contributed by atoms with Gasteiger partial charge in [-0.2, -0.15) is 0 Å². The summed E-state index contributed by atoms with van der Waals surface area (Å²) >= 11 is 10.1. The van der Waals surface area contributed by atoms with E-state index in [2.05, 4.69) is 22.9 Å². The van der Waals surface area contributed by atoms with Crippen molar-refractivity contribution < 1.29 is 5.11 Å². The first kappa shape index (κ1) is 15.5. The first-order chi connectivity index (χ1) is 10.6. The summed E-state index contributed by atoms with van der Waals surface area (Å²) in [6.07, 6.45) is 0.248. The minimum atomic E-state index is -0.737. The second kappa shape index (κ2) is 6.41. The number of fused-ring (bicyclic) bond motifs is 1. The van der Waals surface area contributed by atoms with Gasteiger partial charge in [0, 0.05) is 15.4 Å². The number of aryl methyl sites for hydroxylation is 1.